The Bertz CT molecular complexity index is 949. The third-order valence-corrected chi connectivity index (χ3v) is 5.11. The molecule has 0 fully saturated rings. The van der Waals surface area contributed by atoms with Crippen molar-refractivity contribution in [3.8, 4) is 5.75 Å². The molecule has 0 aromatic heterocycles. The van der Waals surface area contributed by atoms with Gasteiger partial charge in [0.05, 0.1) is 5.69 Å². The van der Waals surface area contributed by atoms with Crippen molar-refractivity contribution in [3.63, 3.8) is 0 Å². The van der Waals surface area contributed by atoms with Crippen molar-refractivity contribution >= 4 is 45.3 Å². The molecule has 0 amide bonds. The quantitative estimate of drug-likeness (QED) is 0.449. The van der Waals surface area contributed by atoms with Crippen LogP contribution in [0.5, 0.6) is 5.75 Å². The molecule has 0 spiro atoms. The molecule has 23 heavy (non-hydrogen) atoms. The second kappa shape index (κ2) is 5.64. The van der Waals surface area contributed by atoms with Crippen LogP contribution in [0.15, 0.2) is 47.5 Å². The highest BCUT2D eigenvalue weighted by molar-refractivity contribution is 14.1. The second-order valence-electron chi connectivity index (χ2n) is 6.00. The lowest BCUT2D eigenvalue weighted by Crippen LogP contribution is -1.88. The first kappa shape index (κ1) is 14.7. The van der Waals surface area contributed by atoms with Crippen molar-refractivity contribution in [1.82, 2.24) is 0 Å². The smallest absolute Gasteiger partial charge is 0.127 e. The topological polar surface area (TPSA) is 32.6 Å². The first-order valence-corrected chi connectivity index (χ1v) is 8.78. The molecule has 3 aromatic carbocycles. The van der Waals surface area contributed by atoms with E-state index in [-0.39, 0.29) is 0 Å². The Morgan fingerprint density at radius 1 is 1.09 bits per heavy atom. The van der Waals surface area contributed by atoms with Crippen LogP contribution in [0.25, 0.3) is 10.8 Å². The summed E-state index contributed by atoms with van der Waals surface area (Å²) >= 11 is 2.26. The second-order valence-corrected chi connectivity index (χ2v) is 7.25. The molecule has 0 aliphatic heterocycles. The lowest BCUT2D eigenvalue weighted by molar-refractivity contribution is 0.470. The molecule has 0 saturated carbocycles. The van der Waals surface area contributed by atoms with E-state index in [4.69, 9.17) is 0 Å². The van der Waals surface area contributed by atoms with Crippen LogP contribution in [0, 0.1) is 10.5 Å². The normalized spacial score (nSPS) is 13.3. The summed E-state index contributed by atoms with van der Waals surface area (Å²) in [6, 6.07) is 14.6. The number of hydrogen-bond donors (Lipinski definition) is 1. The van der Waals surface area contributed by atoms with E-state index in [9.17, 15) is 5.11 Å². The molecule has 1 aliphatic carbocycles. The van der Waals surface area contributed by atoms with E-state index in [1.165, 1.54) is 21.9 Å². The fourth-order valence-electron chi connectivity index (χ4n) is 3.34. The van der Waals surface area contributed by atoms with Gasteiger partial charge in [-0.3, -0.25) is 4.99 Å². The fraction of sp³-hybridized carbons (Fsp3) is 0.150. The fourth-order valence-corrected chi connectivity index (χ4v) is 4.15. The average molecular weight is 413 g/mol. The number of halogens is 1. The predicted octanol–water partition coefficient (Wildman–Crippen LogP) is 5.31. The lowest BCUT2D eigenvalue weighted by atomic mass is 10.0. The van der Waals surface area contributed by atoms with Crippen LogP contribution in [0.4, 0.5) is 5.69 Å². The van der Waals surface area contributed by atoms with Gasteiger partial charge in [0.1, 0.15) is 5.75 Å². The van der Waals surface area contributed by atoms with Gasteiger partial charge in [-0.2, -0.15) is 0 Å². The Labute approximate surface area is 149 Å². The summed E-state index contributed by atoms with van der Waals surface area (Å²) in [5.41, 5.74) is 5.44. The van der Waals surface area contributed by atoms with Gasteiger partial charge in [0.25, 0.3) is 0 Å². The van der Waals surface area contributed by atoms with Gasteiger partial charge >= 0.3 is 0 Å². The summed E-state index contributed by atoms with van der Waals surface area (Å²) in [7, 11) is 0. The van der Waals surface area contributed by atoms with Crippen LogP contribution in [0.2, 0.25) is 0 Å². The highest BCUT2D eigenvalue weighted by atomic mass is 127. The standard InChI is InChI=1S/C20H16INO/c1-12-9-16(21)10-15(20(12)23)11-22-18-8-7-14-6-5-13-3-2-4-17(18)19(13)14/h2-4,7-11,23H,5-6H2,1H3. The van der Waals surface area contributed by atoms with E-state index in [1.807, 2.05) is 19.1 Å². The van der Waals surface area contributed by atoms with Gasteiger partial charge in [0.2, 0.25) is 0 Å². The maximum atomic E-state index is 10.2. The summed E-state index contributed by atoms with van der Waals surface area (Å²) in [4.78, 5) is 4.67. The van der Waals surface area contributed by atoms with Gasteiger partial charge in [-0.25, -0.2) is 0 Å². The number of aryl methyl sites for hydroxylation is 3. The molecule has 3 aromatic rings. The molecule has 114 valence electrons. The molecule has 0 radical (unpaired) electrons. The number of phenolic OH excluding ortho intramolecular Hbond substituents is 1. The van der Waals surface area contributed by atoms with Crippen molar-refractivity contribution in [1.29, 1.82) is 0 Å². The van der Waals surface area contributed by atoms with Gasteiger partial charge < -0.3 is 5.11 Å². The van der Waals surface area contributed by atoms with Crippen LogP contribution < -0.4 is 0 Å². The van der Waals surface area contributed by atoms with Gasteiger partial charge in [-0.15, -0.1) is 0 Å². The molecule has 0 unspecified atom stereocenters. The van der Waals surface area contributed by atoms with E-state index < -0.39 is 0 Å². The molecular formula is C20H16INO. The third-order valence-electron chi connectivity index (χ3n) is 4.49. The number of aliphatic imine (C=N–C) groups is 1. The number of benzene rings is 3. The molecule has 2 nitrogen and oxygen atoms in total. The van der Waals surface area contributed by atoms with Crippen LogP contribution in [0.1, 0.15) is 22.3 Å². The van der Waals surface area contributed by atoms with Crippen molar-refractivity contribution in [2.24, 2.45) is 4.99 Å². The molecule has 0 atom stereocenters. The molecule has 0 heterocycles. The zero-order chi connectivity index (χ0) is 16.0. The Balaban J connectivity index is 1.83. The molecule has 4 rings (SSSR count). The van der Waals surface area contributed by atoms with Crippen LogP contribution >= 0.6 is 22.6 Å². The maximum Gasteiger partial charge on any atom is 0.127 e. The number of phenols is 1. The van der Waals surface area contributed by atoms with E-state index in [1.54, 1.807) is 6.21 Å². The van der Waals surface area contributed by atoms with Crippen molar-refractivity contribution in [2.45, 2.75) is 19.8 Å². The Hall–Kier alpha value is -1.88. The molecule has 0 bridgehead atoms. The van der Waals surface area contributed by atoms with E-state index in [0.29, 0.717) is 5.75 Å². The van der Waals surface area contributed by atoms with Gasteiger partial charge in [0, 0.05) is 20.7 Å². The maximum absolute atomic E-state index is 10.2. The van der Waals surface area contributed by atoms with Crippen molar-refractivity contribution < 1.29 is 5.11 Å². The summed E-state index contributed by atoms with van der Waals surface area (Å²) < 4.78 is 1.10. The monoisotopic (exact) mass is 413 g/mol. The SMILES string of the molecule is Cc1cc(I)cc(C=Nc2ccc3c4c(cccc24)CC3)c1O. The molecule has 0 saturated heterocycles. The lowest BCUT2D eigenvalue weighted by Gasteiger charge is -2.06. The van der Waals surface area contributed by atoms with Crippen LogP contribution in [-0.4, -0.2) is 11.3 Å². The highest BCUT2D eigenvalue weighted by Gasteiger charge is 2.15. The first-order valence-electron chi connectivity index (χ1n) is 7.70. The van der Waals surface area contributed by atoms with Gasteiger partial charge in [-0.05, 0) is 82.6 Å². The van der Waals surface area contributed by atoms with E-state index >= 15 is 0 Å². The van der Waals surface area contributed by atoms with E-state index in [0.717, 1.165) is 33.2 Å². The number of nitrogens with zero attached hydrogens (tertiary/aromatic N) is 1. The molecule has 1 N–H and O–H groups in total. The van der Waals surface area contributed by atoms with Gasteiger partial charge in [0.15, 0.2) is 0 Å². The predicted molar refractivity (Wildman–Crippen MR) is 104 cm³/mol. The number of aromatic hydroxyl groups is 1. The zero-order valence-corrected chi connectivity index (χ0v) is 15.0. The molecule has 1 aliphatic rings. The minimum absolute atomic E-state index is 0.306. The Morgan fingerprint density at radius 2 is 1.87 bits per heavy atom. The first-order chi connectivity index (χ1) is 11.1. The summed E-state index contributed by atoms with van der Waals surface area (Å²) in [5.74, 6) is 0.306. The third kappa shape index (κ3) is 2.53. The van der Waals surface area contributed by atoms with Crippen molar-refractivity contribution in [2.75, 3.05) is 0 Å². The number of hydrogen-bond acceptors (Lipinski definition) is 2. The van der Waals surface area contributed by atoms with Crippen LogP contribution in [-0.2, 0) is 12.8 Å². The largest absolute Gasteiger partial charge is 0.507 e. The summed E-state index contributed by atoms with van der Waals surface area (Å²) in [6.45, 7) is 1.91. The molecular weight excluding hydrogens is 397 g/mol. The highest BCUT2D eigenvalue weighted by Crippen LogP contribution is 2.36. The van der Waals surface area contributed by atoms with Gasteiger partial charge in [-0.1, -0.05) is 24.3 Å². The molecule has 3 heteroatoms. The Kier molecular flexibility index (Phi) is 3.60. The Morgan fingerprint density at radius 3 is 2.70 bits per heavy atom. The summed E-state index contributed by atoms with van der Waals surface area (Å²) in [5, 5.41) is 12.8. The number of rotatable bonds is 2. The van der Waals surface area contributed by atoms with Crippen LogP contribution in [0.3, 0.4) is 0 Å². The van der Waals surface area contributed by atoms with Crippen molar-refractivity contribution in [3.05, 3.63) is 68.3 Å². The van der Waals surface area contributed by atoms with E-state index in [2.05, 4.69) is 57.9 Å². The zero-order valence-electron chi connectivity index (χ0n) is 12.8. The minimum atomic E-state index is 0.306. The summed E-state index contributed by atoms with van der Waals surface area (Å²) in [6.07, 6.45) is 4.01. The minimum Gasteiger partial charge on any atom is -0.507 e. The average Bonchev–Trinajstić information content (AvgIpc) is 2.96.